The van der Waals surface area contributed by atoms with Gasteiger partial charge in [0.05, 0.1) is 0 Å². The van der Waals surface area contributed by atoms with Crippen molar-refractivity contribution in [1.29, 1.82) is 0 Å². The predicted octanol–water partition coefficient (Wildman–Crippen LogP) is 4.09. The van der Waals surface area contributed by atoms with Gasteiger partial charge >= 0.3 is 5.97 Å². The van der Waals surface area contributed by atoms with E-state index >= 15 is 0 Å². The van der Waals surface area contributed by atoms with Crippen LogP contribution in [0.1, 0.15) is 35.5 Å². The maximum absolute atomic E-state index is 12.6. The first kappa shape index (κ1) is 15.4. The van der Waals surface area contributed by atoms with Crippen LogP contribution in [0.4, 0.5) is 0 Å². The molecular weight excluding hydrogens is 320 g/mol. The summed E-state index contributed by atoms with van der Waals surface area (Å²) in [5.74, 6) is -1.21. The Kier molecular flexibility index (Phi) is 3.06. The van der Waals surface area contributed by atoms with E-state index in [1.165, 1.54) is 0 Å². The third kappa shape index (κ3) is 2.16. The highest BCUT2D eigenvalue weighted by Crippen LogP contribution is 2.48. The number of carboxylic acid groups (broad SMARTS) is 1. The molecule has 0 radical (unpaired) electrons. The number of rotatable bonds is 1. The Morgan fingerprint density at radius 3 is 2.56 bits per heavy atom. The fraction of sp³-hybridized carbons (Fsp3) is 0.200. The lowest BCUT2D eigenvalue weighted by molar-refractivity contribution is 0.0662. The first-order valence-corrected chi connectivity index (χ1v) is 7.93. The van der Waals surface area contributed by atoms with Gasteiger partial charge in [-0.2, -0.15) is 0 Å². The second kappa shape index (κ2) is 4.96. The third-order valence-electron chi connectivity index (χ3n) is 4.57. The molecule has 2 heterocycles. The van der Waals surface area contributed by atoms with Crippen LogP contribution in [-0.4, -0.2) is 11.1 Å². The van der Waals surface area contributed by atoms with Crippen molar-refractivity contribution in [2.75, 3.05) is 0 Å². The summed E-state index contributed by atoms with van der Waals surface area (Å²) in [6.45, 7) is 5.67. The molecule has 0 fully saturated rings. The molecule has 2 aromatic carbocycles. The number of ether oxygens (including phenoxy) is 1. The number of benzene rings is 2. The van der Waals surface area contributed by atoms with Crippen LogP contribution < -0.4 is 10.2 Å². The number of carbonyl (C=O) groups is 1. The zero-order valence-electron chi connectivity index (χ0n) is 14.0. The van der Waals surface area contributed by atoms with Gasteiger partial charge in [0.25, 0.3) is 0 Å². The Labute approximate surface area is 143 Å². The van der Waals surface area contributed by atoms with Gasteiger partial charge in [-0.25, -0.2) is 4.79 Å². The molecule has 0 amide bonds. The van der Waals surface area contributed by atoms with Gasteiger partial charge in [-0.1, -0.05) is 24.3 Å². The van der Waals surface area contributed by atoms with Gasteiger partial charge < -0.3 is 14.3 Å². The van der Waals surface area contributed by atoms with Crippen molar-refractivity contribution in [3.63, 3.8) is 0 Å². The number of aromatic carboxylic acids is 1. The van der Waals surface area contributed by atoms with E-state index in [0.717, 1.165) is 22.8 Å². The molecular formula is C20H16O5. The summed E-state index contributed by atoms with van der Waals surface area (Å²) in [5, 5.41) is 9.43. The topological polar surface area (TPSA) is 76.7 Å². The van der Waals surface area contributed by atoms with E-state index in [1.807, 2.05) is 44.2 Å². The highest BCUT2D eigenvalue weighted by atomic mass is 16.5. The Hall–Kier alpha value is -3.08. The normalized spacial score (nSPS) is 14.5. The molecule has 4 rings (SSSR count). The predicted molar refractivity (Wildman–Crippen MR) is 93.3 cm³/mol. The van der Waals surface area contributed by atoms with Gasteiger partial charge in [0, 0.05) is 17.2 Å². The zero-order valence-corrected chi connectivity index (χ0v) is 14.0. The first-order valence-electron chi connectivity index (χ1n) is 7.93. The lowest BCUT2D eigenvalue weighted by Crippen LogP contribution is -2.30. The average Bonchev–Trinajstić information content (AvgIpc) is 2.56. The van der Waals surface area contributed by atoms with E-state index in [0.29, 0.717) is 11.3 Å². The van der Waals surface area contributed by atoms with Crippen LogP contribution in [0, 0.1) is 6.92 Å². The van der Waals surface area contributed by atoms with Gasteiger partial charge in [0.15, 0.2) is 5.43 Å². The fourth-order valence-electron chi connectivity index (χ4n) is 3.43. The summed E-state index contributed by atoms with van der Waals surface area (Å²) in [7, 11) is 0. The van der Waals surface area contributed by atoms with E-state index in [-0.39, 0.29) is 16.7 Å². The Bertz CT molecular complexity index is 1110. The summed E-state index contributed by atoms with van der Waals surface area (Å²) < 4.78 is 11.7. The van der Waals surface area contributed by atoms with Crippen LogP contribution in [-0.2, 0) is 5.60 Å². The lowest BCUT2D eigenvalue weighted by atomic mass is 9.85. The molecule has 0 unspecified atom stereocenters. The monoisotopic (exact) mass is 336 g/mol. The van der Waals surface area contributed by atoms with Crippen molar-refractivity contribution in [3.05, 3.63) is 63.5 Å². The molecule has 0 atom stereocenters. The summed E-state index contributed by atoms with van der Waals surface area (Å²) in [6, 6.07) is 10.8. The van der Waals surface area contributed by atoms with E-state index in [4.69, 9.17) is 14.3 Å². The van der Waals surface area contributed by atoms with E-state index in [2.05, 4.69) is 0 Å². The maximum Gasteiger partial charge on any atom is 0.371 e. The van der Waals surface area contributed by atoms with Gasteiger partial charge in [0.1, 0.15) is 22.3 Å². The van der Waals surface area contributed by atoms with E-state index in [9.17, 15) is 9.59 Å². The quantitative estimate of drug-likeness (QED) is 0.724. The first-order chi connectivity index (χ1) is 11.8. The molecule has 0 bridgehead atoms. The van der Waals surface area contributed by atoms with Gasteiger partial charge in [0.2, 0.25) is 5.76 Å². The van der Waals surface area contributed by atoms with Crippen molar-refractivity contribution in [1.82, 2.24) is 0 Å². The summed E-state index contributed by atoms with van der Waals surface area (Å²) in [5.41, 5.74) is 2.74. The SMILES string of the molecule is Cc1cc2c(c3c(=O)cc(C(=O)O)oc13)OC(C)(C)c1ccccc1-2. The van der Waals surface area contributed by atoms with Gasteiger partial charge in [-0.3, -0.25) is 4.79 Å². The Balaban J connectivity index is 2.16. The molecule has 0 saturated heterocycles. The molecule has 5 heteroatoms. The molecule has 1 aliphatic rings. The van der Waals surface area contributed by atoms with E-state index < -0.39 is 17.0 Å². The fourth-order valence-corrected chi connectivity index (χ4v) is 3.43. The number of fused-ring (bicyclic) bond motifs is 5. The molecule has 0 aliphatic carbocycles. The minimum Gasteiger partial charge on any atom is -0.482 e. The number of hydrogen-bond donors (Lipinski definition) is 1. The summed E-state index contributed by atoms with van der Waals surface area (Å²) in [6.07, 6.45) is 0. The summed E-state index contributed by atoms with van der Waals surface area (Å²) in [4.78, 5) is 23.8. The molecule has 3 aromatic rings. The number of carboxylic acids is 1. The standard InChI is InChI=1S/C20H16O5/c1-10-8-12-11-6-4-5-7-13(11)20(2,3)25-18(12)16-14(21)9-15(19(22)23)24-17(10)16/h4-9H,1-3H3,(H,22,23). The van der Waals surface area contributed by atoms with Gasteiger partial charge in [-0.05, 0) is 38.0 Å². The highest BCUT2D eigenvalue weighted by molar-refractivity contribution is 5.97. The van der Waals surface area contributed by atoms with Crippen molar-refractivity contribution >= 4 is 16.9 Å². The molecule has 1 aliphatic heterocycles. The van der Waals surface area contributed by atoms with Crippen LogP contribution in [0.3, 0.4) is 0 Å². The Morgan fingerprint density at radius 1 is 1.12 bits per heavy atom. The average molecular weight is 336 g/mol. The van der Waals surface area contributed by atoms with E-state index in [1.54, 1.807) is 6.92 Å². The minimum atomic E-state index is -1.28. The molecule has 1 aromatic heterocycles. The minimum absolute atomic E-state index is 0.249. The van der Waals surface area contributed by atoms with Crippen LogP contribution in [0.5, 0.6) is 5.75 Å². The smallest absolute Gasteiger partial charge is 0.371 e. The molecule has 5 nitrogen and oxygen atoms in total. The van der Waals surface area contributed by atoms with Crippen molar-refractivity contribution < 1.29 is 19.1 Å². The number of aryl methyl sites for hydroxylation is 1. The molecule has 25 heavy (non-hydrogen) atoms. The lowest BCUT2D eigenvalue weighted by Gasteiger charge is -2.35. The molecule has 0 saturated carbocycles. The number of hydrogen-bond acceptors (Lipinski definition) is 4. The Morgan fingerprint density at radius 2 is 1.84 bits per heavy atom. The second-order valence-corrected chi connectivity index (χ2v) is 6.71. The third-order valence-corrected chi connectivity index (χ3v) is 4.57. The highest BCUT2D eigenvalue weighted by Gasteiger charge is 2.34. The van der Waals surface area contributed by atoms with Crippen LogP contribution in [0.15, 0.2) is 45.6 Å². The molecule has 0 spiro atoms. The van der Waals surface area contributed by atoms with Gasteiger partial charge in [-0.15, -0.1) is 0 Å². The molecule has 126 valence electrons. The largest absolute Gasteiger partial charge is 0.482 e. The maximum atomic E-state index is 12.6. The second-order valence-electron chi connectivity index (χ2n) is 6.71. The van der Waals surface area contributed by atoms with Crippen LogP contribution >= 0.6 is 0 Å². The summed E-state index contributed by atoms with van der Waals surface area (Å²) >= 11 is 0. The van der Waals surface area contributed by atoms with Crippen molar-refractivity contribution in [2.45, 2.75) is 26.4 Å². The van der Waals surface area contributed by atoms with Crippen LogP contribution in [0.25, 0.3) is 22.1 Å². The van der Waals surface area contributed by atoms with Crippen molar-refractivity contribution in [2.24, 2.45) is 0 Å². The van der Waals surface area contributed by atoms with Crippen molar-refractivity contribution in [3.8, 4) is 16.9 Å². The van der Waals surface area contributed by atoms with Crippen LogP contribution in [0.2, 0.25) is 0 Å². The molecule has 1 N–H and O–H groups in total. The zero-order chi connectivity index (χ0) is 17.9.